The van der Waals surface area contributed by atoms with Crippen molar-refractivity contribution in [2.45, 2.75) is 13.5 Å². The fraction of sp³-hybridized carbons (Fsp3) is 0.500. The first-order valence-corrected chi connectivity index (χ1v) is 9.57. The summed E-state index contributed by atoms with van der Waals surface area (Å²) in [7, 11) is 3.49. The maximum atomic E-state index is 11.9. The van der Waals surface area contributed by atoms with E-state index in [-0.39, 0.29) is 36.4 Å². The van der Waals surface area contributed by atoms with Gasteiger partial charge in [-0.3, -0.25) is 9.69 Å². The van der Waals surface area contributed by atoms with Gasteiger partial charge >= 0.3 is 0 Å². The Kier molecular flexibility index (Phi) is 10.8. The summed E-state index contributed by atoms with van der Waals surface area (Å²) >= 11 is 5.96. The Morgan fingerprint density at radius 1 is 1.21 bits per heavy atom. The molecular weight excluding hydrogens is 489 g/mol. The quantitative estimate of drug-likeness (QED) is 0.272. The van der Waals surface area contributed by atoms with Crippen molar-refractivity contribution >= 4 is 47.4 Å². The van der Waals surface area contributed by atoms with Gasteiger partial charge in [0.15, 0.2) is 5.96 Å². The van der Waals surface area contributed by atoms with Crippen LogP contribution in [0.25, 0.3) is 0 Å². The third-order valence-electron chi connectivity index (χ3n) is 4.40. The Balaban J connectivity index is 0.00000392. The summed E-state index contributed by atoms with van der Waals surface area (Å²) < 4.78 is 0. The molecule has 8 heteroatoms. The normalized spacial score (nSPS) is 15.0. The van der Waals surface area contributed by atoms with Gasteiger partial charge in [0, 0.05) is 58.4 Å². The fourth-order valence-corrected chi connectivity index (χ4v) is 2.87. The molecule has 156 valence electrons. The van der Waals surface area contributed by atoms with Crippen LogP contribution >= 0.6 is 35.6 Å². The summed E-state index contributed by atoms with van der Waals surface area (Å²) in [5.74, 6) is 0.769. The van der Waals surface area contributed by atoms with Gasteiger partial charge in [-0.2, -0.15) is 0 Å². The van der Waals surface area contributed by atoms with Gasteiger partial charge in [-0.05, 0) is 24.6 Å². The van der Waals surface area contributed by atoms with Gasteiger partial charge in [0.2, 0.25) is 5.91 Å². The summed E-state index contributed by atoms with van der Waals surface area (Å²) in [6.45, 7) is 11.2. The van der Waals surface area contributed by atoms with Crippen molar-refractivity contribution in [2.75, 3.05) is 53.4 Å². The molecular formula is C20H31ClIN5O. The van der Waals surface area contributed by atoms with Crippen LogP contribution in [0.3, 0.4) is 0 Å². The first kappa shape index (κ1) is 24.7. The van der Waals surface area contributed by atoms with Crippen LogP contribution in [0.4, 0.5) is 0 Å². The van der Waals surface area contributed by atoms with E-state index in [1.165, 1.54) is 5.56 Å². The average Bonchev–Trinajstić information content (AvgIpc) is 2.64. The second-order valence-corrected chi connectivity index (χ2v) is 7.56. The van der Waals surface area contributed by atoms with Crippen molar-refractivity contribution in [1.29, 1.82) is 0 Å². The molecule has 0 spiro atoms. The number of hydrogen-bond acceptors (Lipinski definition) is 3. The molecule has 28 heavy (non-hydrogen) atoms. The fourth-order valence-electron chi connectivity index (χ4n) is 2.75. The predicted octanol–water partition coefficient (Wildman–Crippen LogP) is 2.69. The Labute approximate surface area is 190 Å². The van der Waals surface area contributed by atoms with E-state index < -0.39 is 0 Å². The van der Waals surface area contributed by atoms with E-state index in [1.807, 2.05) is 19.1 Å². The average molecular weight is 520 g/mol. The molecule has 0 atom stereocenters. The van der Waals surface area contributed by atoms with Gasteiger partial charge in [0.1, 0.15) is 6.54 Å². The van der Waals surface area contributed by atoms with Gasteiger partial charge in [-0.15, -0.1) is 24.0 Å². The molecule has 0 bridgehead atoms. The number of aliphatic imine (C=N–C) groups is 1. The summed E-state index contributed by atoms with van der Waals surface area (Å²) in [6, 6.07) is 8.01. The third-order valence-corrected chi connectivity index (χ3v) is 4.65. The highest BCUT2D eigenvalue weighted by molar-refractivity contribution is 14.0. The number of amides is 1. The van der Waals surface area contributed by atoms with Crippen LogP contribution in [0.5, 0.6) is 0 Å². The van der Waals surface area contributed by atoms with E-state index in [1.54, 1.807) is 19.0 Å². The largest absolute Gasteiger partial charge is 0.353 e. The number of likely N-dealkylation sites (N-methyl/N-ethyl adjacent to an activating group) is 1. The summed E-state index contributed by atoms with van der Waals surface area (Å²) in [5.41, 5.74) is 2.29. The molecule has 1 amide bonds. The Morgan fingerprint density at radius 3 is 2.36 bits per heavy atom. The van der Waals surface area contributed by atoms with E-state index in [0.717, 1.165) is 49.3 Å². The molecule has 0 radical (unpaired) electrons. The molecule has 1 aromatic carbocycles. The molecule has 0 aliphatic carbocycles. The SMILES string of the molecule is C=C(C)CNC(=NCC(=O)N(C)C)N1CCN(Cc2ccc(Cl)cc2)CC1.I. The van der Waals surface area contributed by atoms with E-state index in [0.29, 0.717) is 6.54 Å². The van der Waals surface area contributed by atoms with Crippen LogP contribution in [0.1, 0.15) is 12.5 Å². The molecule has 1 heterocycles. The lowest BCUT2D eigenvalue weighted by molar-refractivity contribution is -0.127. The van der Waals surface area contributed by atoms with Crippen molar-refractivity contribution in [3.05, 3.63) is 47.0 Å². The number of nitrogens with zero attached hydrogens (tertiary/aromatic N) is 4. The Morgan fingerprint density at radius 2 is 1.82 bits per heavy atom. The molecule has 2 rings (SSSR count). The van der Waals surface area contributed by atoms with Crippen molar-refractivity contribution in [3.8, 4) is 0 Å². The second-order valence-electron chi connectivity index (χ2n) is 7.13. The maximum Gasteiger partial charge on any atom is 0.243 e. The zero-order valence-electron chi connectivity index (χ0n) is 16.9. The lowest BCUT2D eigenvalue weighted by Crippen LogP contribution is -2.52. The Hall–Kier alpha value is -1.32. The molecule has 0 aromatic heterocycles. The van der Waals surface area contributed by atoms with Gasteiger partial charge in [-0.25, -0.2) is 4.99 Å². The molecule has 6 nitrogen and oxygen atoms in total. The molecule has 0 saturated carbocycles. The van der Waals surface area contributed by atoms with Gasteiger partial charge in [0.25, 0.3) is 0 Å². The van der Waals surface area contributed by atoms with Crippen molar-refractivity contribution < 1.29 is 4.79 Å². The number of carbonyl (C=O) groups is 1. The van der Waals surface area contributed by atoms with Crippen molar-refractivity contribution in [1.82, 2.24) is 20.0 Å². The number of carbonyl (C=O) groups excluding carboxylic acids is 1. The number of hydrogen-bond donors (Lipinski definition) is 1. The smallest absolute Gasteiger partial charge is 0.243 e. The standard InChI is InChI=1S/C20H30ClN5O.HI/c1-16(2)13-22-20(23-14-19(27)24(3)4)26-11-9-25(10-12-26)15-17-5-7-18(21)8-6-17;/h5-8H,1,9-15H2,2-4H3,(H,22,23);1H. The van der Waals surface area contributed by atoms with E-state index in [9.17, 15) is 4.79 Å². The van der Waals surface area contributed by atoms with Crippen LogP contribution in [0.15, 0.2) is 41.4 Å². The van der Waals surface area contributed by atoms with Crippen LogP contribution in [0, 0.1) is 0 Å². The van der Waals surface area contributed by atoms with E-state index in [2.05, 4.69) is 38.8 Å². The minimum absolute atomic E-state index is 0. The van der Waals surface area contributed by atoms with Gasteiger partial charge in [0.05, 0.1) is 0 Å². The van der Waals surface area contributed by atoms with Crippen LogP contribution < -0.4 is 5.32 Å². The summed E-state index contributed by atoms with van der Waals surface area (Å²) in [6.07, 6.45) is 0. The van der Waals surface area contributed by atoms with Crippen LogP contribution in [-0.2, 0) is 11.3 Å². The molecule has 0 unspecified atom stereocenters. The molecule has 1 saturated heterocycles. The zero-order valence-corrected chi connectivity index (χ0v) is 20.0. The van der Waals surface area contributed by atoms with Gasteiger partial charge < -0.3 is 15.1 Å². The molecule has 1 aliphatic heterocycles. The maximum absolute atomic E-state index is 11.9. The lowest BCUT2D eigenvalue weighted by Gasteiger charge is -2.36. The Bertz CT molecular complexity index is 670. The highest BCUT2D eigenvalue weighted by Crippen LogP contribution is 2.13. The number of piperazine rings is 1. The second kappa shape index (κ2) is 12.3. The first-order valence-electron chi connectivity index (χ1n) is 9.19. The zero-order chi connectivity index (χ0) is 19.8. The van der Waals surface area contributed by atoms with Gasteiger partial charge in [-0.1, -0.05) is 35.9 Å². The molecule has 1 aliphatic rings. The number of guanidine groups is 1. The van der Waals surface area contributed by atoms with E-state index in [4.69, 9.17) is 11.6 Å². The molecule has 1 N–H and O–H groups in total. The number of nitrogens with one attached hydrogen (secondary N) is 1. The lowest BCUT2D eigenvalue weighted by atomic mass is 10.2. The highest BCUT2D eigenvalue weighted by atomic mass is 127. The number of benzene rings is 1. The molecule has 1 aromatic rings. The summed E-state index contributed by atoms with van der Waals surface area (Å²) in [4.78, 5) is 22.6. The number of rotatable bonds is 6. The van der Waals surface area contributed by atoms with Crippen molar-refractivity contribution in [3.63, 3.8) is 0 Å². The third kappa shape index (κ3) is 8.36. The van der Waals surface area contributed by atoms with E-state index >= 15 is 0 Å². The topological polar surface area (TPSA) is 51.2 Å². The monoisotopic (exact) mass is 519 g/mol. The minimum Gasteiger partial charge on any atom is -0.353 e. The van der Waals surface area contributed by atoms with Crippen LogP contribution in [-0.4, -0.2) is 79.9 Å². The van der Waals surface area contributed by atoms with Crippen LogP contribution in [0.2, 0.25) is 5.02 Å². The predicted molar refractivity (Wildman–Crippen MR) is 128 cm³/mol. The first-order chi connectivity index (χ1) is 12.8. The minimum atomic E-state index is -0.00833. The summed E-state index contributed by atoms with van der Waals surface area (Å²) in [5, 5.41) is 4.09. The molecule has 1 fully saturated rings. The highest BCUT2D eigenvalue weighted by Gasteiger charge is 2.20. The van der Waals surface area contributed by atoms with Crippen molar-refractivity contribution in [2.24, 2.45) is 4.99 Å². The number of halogens is 2.